The van der Waals surface area contributed by atoms with Crippen LogP contribution in [0, 0.1) is 0 Å². The number of sulfonamides is 1. The van der Waals surface area contributed by atoms with E-state index in [1.54, 1.807) is 24.3 Å². The Labute approximate surface area is 169 Å². The van der Waals surface area contributed by atoms with Crippen molar-refractivity contribution in [2.75, 3.05) is 19.4 Å². The Hall–Kier alpha value is -2.42. The summed E-state index contributed by atoms with van der Waals surface area (Å²) in [5.41, 5.74) is 0.723. The summed E-state index contributed by atoms with van der Waals surface area (Å²) in [7, 11) is -1.06. The largest absolute Gasteiger partial charge is 0.350 e. The normalized spacial score (nSPS) is 11.5. The Kier molecular flexibility index (Phi) is 6.82. The van der Waals surface area contributed by atoms with Crippen molar-refractivity contribution in [3.8, 4) is 0 Å². The van der Waals surface area contributed by atoms with Gasteiger partial charge in [0.1, 0.15) is 4.90 Å². The quantitative estimate of drug-likeness (QED) is 0.746. The van der Waals surface area contributed by atoms with Crippen molar-refractivity contribution in [1.82, 2.24) is 9.62 Å². The Morgan fingerprint density at radius 2 is 1.68 bits per heavy atom. The summed E-state index contributed by atoms with van der Waals surface area (Å²) in [6, 6.07) is 10.5. The van der Waals surface area contributed by atoms with Crippen molar-refractivity contribution in [3.63, 3.8) is 0 Å². The van der Waals surface area contributed by atoms with Crippen LogP contribution in [-0.4, -0.2) is 44.7 Å². The van der Waals surface area contributed by atoms with Crippen molar-refractivity contribution < 1.29 is 18.0 Å². The molecular formula is C19H22ClN3O4S. The zero-order valence-corrected chi connectivity index (χ0v) is 17.6. The molecule has 28 heavy (non-hydrogen) atoms. The monoisotopic (exact) mass is 423 g/mol. The van der Waals surface area contributed by atoms with Crippen LogP contribution in [0.25, 0.3) is 0 Å². The van der Waals surface area contributed by atoms with E-state index in [0.29, 0.717) is 11.3 Å². The number of carbonyl (C=O) groups is 2. The second-order valence-corrected chi connectivity index (χ2v) is 9.09. The number of amides is 2. The first kappa shape index (κ1) is 21.9. The van der Waals surface area contributed by atoms with Crippen molar-refractivity contribution in [2.45, 2.75) is 24.8 Å². The van der Waals surface area contributed by atoms with Crippen LogP contribution >= 0.6 is 11.6 Å². The third-order valence-corrected chi connectivity index (χ3v) is 6.09. The molecule has 0 radical (unpaired) electrons. The van der Waals surface area contributed by atoms with Crippen LogP contribution in [0.5, 0.6) is 0 Å². The third-order valence-electron chi connectivity index (χ3n) is 3.79. The number of nitrogens with one attached hydrogen (secondary N) is 2. The fourth-order valence-electron chi connectivity index (χ4n) is 2.36. The highest BCUT2D eigenvalue weighted by atomic mass is 35.5. The minimum Gasteiger partial charge on any atom is -0.350 e. The van der Waals surface area contributed by atoms with Gasteiger partial charge in [0, 0.05) is 25.7 Å². The summed E-state index contributed by atoms with van der Waals surface area (Å²) in [6.07, 6.45) is 0. The highest BCUT2D eigenvalue weighted by molar-refractivity contribution is 7.89. The lowest BCUT2D eigenvalue weighted by atomic mass is 10.1. The summed E-state index contributed by atoms with van der Waals surface area (Å²) < 4.78 is 25.8. The van der Waals surface area contributed by atoms with Gasteiger partial charge in [-0.25, -0.2) is 12.7 Å². The minimum absolute atomic E-state index is 0.0157. The van der Waals surface area contributed by atoms with Gasteiger partial charge < -0.3 is 10.6 Å². The summed E-state index contributed by atoms with van der Waals surface area (Å²) in [4.78, 5) is 24.8. The molecule has 2 amide bonds. The maximum atomic E-state index is 12.7. The topological polar surface area (TPSA) is 95.6 Å². The van der Waals surface area contributed by atoms with Gasteiger partial charge in [-0.2, -0.15) is 0 Å². The van der Waals surface area contributed by atoms with E-state index >= 15 is 0 Å². The van der Waals surface area contributed by atoms with Crippen LogP contribution in [-0.2, 0) is 10.0 Å². The number of halogens is 1. The van der Waals surface area contributed by atoms with Crippen LogP contribution in [0.4, 0.5) is 5.69 Å². The summed E-state index contributed by atoms with van der Waals surface area (Å²) in [6.45, 7) is 3.67. The Morgan fingerprint density at radius 3 is 2.29 bits per heavy atom. The van der Waals surface area contributed by atoms with Gasteiger partial charge in [0.2, 0.25) is 10.0 Å². The first-order valence-electron chi connectivity index (χ1n) is 8.47. The van der Waals surface area contributed by atoms with E-state index in [1.165, 1.54) is 32.3 Å². The molecule has 0 aliphatic heterocycles. The molecular weight excluding hydrogens is 402 g/mol. The molecule has 0 heterocycles. The van der Waals surface area contributed by atoms with Gasteiger partial charge in [0.15, 0.2) is 0 Å². The molecule has 2 aromatic carbocycles. The van der Waals surface area contributed by atoms with Crippen LogP contribution in [0.1, 0.15) is 34.6 Å². The fourth-order valence-corrected chi connectivity index (χ4v) is 3.76. The number of hydrogen-bond acceptors (Lipinski definition) is 4. The van der Waals surface area contributed by atoms with Crippen LogP contribution in [0.3, 0.4) is 0 Å². The van der Waals surface area contributed by atoms with Gasteiger partial charge in [-0.15, -0.1) is 0 Å². The van der Waals surface area contributed by atoms with Gasteiger partial charge >= 0.3 is 0 Å². The zero-order valence-electron chi connectivity index (χ0n) is 16.0. The maximum Gasteiger partial charge on any atom is 0.255 e. The minimum atomic E-state index is -3.81. The maximum absolute atomic E-state index is 12.7. The van der Waals surface area contributed by atoms with Crippen molar-refractivity contribution in [2.24, 2.45) is 0 Å². The van der Waals surface area contributed by atoms with Gasteiger partial charge in [-0.3, -0.25) is 9.59 Å². The van der Waals surface area contributed by atoms with E-state index in [-0.39, 0.29) is 27.4 Å². The third kappa shape index (κ3) is 4.89. The second-order valence-electron chi connectivity index (χ2n) is 6.56. The number of carbonyl (C=O) groups excluding carboxylic acids is 2. The van der Waals surface area contributed by atoms with Crippen LogP contribution in [0.15, 0.2) is 47.4 Å². The number of para-hydroxylation sites is 1. The summed E-state index contributed by atoms with van der Waals surface area (Å²) in [5, 5.41) is 5.44. The highest BCUT2D eigenvalue weighted by Gasteiger charge is 2.23. The molecule has 0 aromatic heterocycles. The number of rotatable bonds is 6. The molecule has 0 saturated carbocycles. The van der Waals surface area contributed by atoms with E-state index in [0.717, 1.165) is 4.31 Å². The predicted molar refractivity (Wildman–Crippen MR) is 109 cm³/mol. The van der Waals surface area contributed by atoms with Gasteiger partial charge in [-0.05, 0) is 44.2 Å². The Bertz CT molecular complexity index is 1000. The number of nitrogens with zero attached hydrogens (tertiary/aromatic N) is 1. The Balaban J connectivity index is 2.36. The molecule has 9 heteroatoms. The highest BCUT2D eigenvalue weighted by Crippen LogP contribution is 2.25. The molecule has 0 spiro atoms. The van der Waals surface area contributed by atoms with E-state index < -0.39 is 15.9 Å². The lowest BCUT2D eigenvalue weighted by molar-refractivity contribution is 0.0944. The fraction of sp³-hybridized carbons (Fsp3) is 0.263. The van der Waals surface area contributed by atoms with Crippen molar-refractivity contribution in [1.29, 1.82) is 0 Å². The average Bonchev–Trinajstić information content (AvgIpc) is 2.61. The number of anilines is 1. The Morgan fingerprint density at radius 1 is 1.04 bits per heavy atom. The molecule has 0 unspecified atom stereocenters. The smallest absolute Gasteiger partial charge is 0.255 e. The lowest BCUT2D eigenvalue weighted by Gasteiger charge is -2.15. The van der Waals surface area contributed by atoms with E-state index in [2.05, 4.69) is 10.6 Å². The van der Waals surface area contributed by atoms with E-state index in [9.17, 15) is 18.0 Å². The zero-order chi connectivity index (χ0) is 21.1. The summed E-state index contributed by atoms with van der Waals surface area (Å²) in [5.74, 6) is -0.880. The first-order valence-corrected chi connectivity index (χ1v) is 10.3. The standard InChI is InChI=1S/C19H22ClN3O4S/c1-12(2)21-19(25)14-7-5-6-8-16(14)22-18(24)13-9-10-15(20)17(11-13)28(26,27)23(3)4/h5-12H,1-4H3,(H,21,25)(H,22,24). The molecule has 2 rings (SSSR count). The molecule has 2 N–H and O–H groups in total. The first-order chi connectivity index (χ1) is 13.0. The average molecular weight is 424 g/mol. The molecule has 2 aromatic rings. The number of hydrogen-bond donors (Lipinski definition) is 2. The van der Waals surface area contributed by atoms with Crippen molar-refractivity contribution >= 4 is 39.1 Å². The van der Waals surface area contributed by atoms with Gasteiger partial charge in [-0.1, -0.05) is 23.7 Å². The molecule has 7 nitrogen and oxygen atoms in total. The van der Waals surface area contributed by atoms with Crippen LogP contribution < -0.4 is 10.6 Å². The van der Waals surface area contributed by atoms with Crippen molar-refractivity contribution in [3.05, 3.63) is 58.6 Å². The molecule has 0 fully saturated rings. The predicted octanol–water partition coefficient (Wildman–Crippen LogP) is 2.98. The van der Waals surface area contributed by atoms with Crippen LogP contribution in [0.2, 0.25) is 5.02 Å². The molecule has 150 valence electrons. The SMILES string of the molecule is CC(C)NC(=O)c1ccccc1NC(=O)c1ccc(Cl)c(S(=O)(=O)N(C)C)c1. The van der Waals surface area contributed by atoms with E-state index in [1.807, 2.05) is 13.8 Å². The molecule has 0 atom stereocenters. The van der Waals surface area contributed by atoms with Gasteiger partial charge in [0.05, 0.1) is 16.3 Å². The molecule has 0 aliphatic carbocycles. The van der Waals surface area contributed by atoms with E-state index in [4.69, 9.17) is 11.6 Å². The molecule has 0 aliphatic rings. The molecule has 0 saturated heterocycles. The van der Waals surface area contributed by atoms with Gasteiger partial charge in [0.25, 0.3) is 11.8 Å². The number of benzene rings is 2. The lowest BCUT2D eigenvalue weighted by Crippen LogP contribution is -2.31. The molecule has 0 bridgehead atoms. The second kappa shape index (κ2) is 8.72. The summed E-state index contributed by atoms with van der Waals surface area (Å²) >= 11 is 6.01.